The quantitative estimate of drug-likeness (QED) is 0.882. The predicted octanol–water partition coefficient (Wildman–Crippen LogP) is 3.12. The van der Waals surface area contributed by atoms with Gasteiger partial charge in [-0.05, 0) is 32.9 Å². The molecule has 0 saturated heterocycles. The molecule has 1 unspecified atom stereocenters. The van der Waals surface area contributed by atoms with Crippen molar-refractivity contribution in [3.05, 3.63) is 39.8 Å². The van der Waals surface area contributed by atoms with E-state index in [0.717, 1.165) is 13.1 Å². The average molecular weight is 249 g/mol. The van der Waals surface area contributed by atoms with Gasteiger partial charge in [-0.1, -0.05) is 0 Å². The Hall–Kier alpha value is -1.13. The first kappa shape index (κ1) is 12.3. The number of hydrogen-bond acceptors (Lipinski definition) is 3. The summed E-state index contributed by atoms with van der Waals surface area (Å²) in [5.41, 5.74) is 1.24. The minimum absolute atomic E-state index is 0.402. The van der Waals surface area contributed by atoms with Gasteiger partial charge in [-0.3, -0.25) is 4.68 Å². The van der Waals surface area contributed by atoms with Crippen LogP contribution in [0.1, 0.15) is 35.2 Å². The SMILES string of the molecule is CCn1cc(CNC(C)c2ccc(C)s2)cn1. The Balaban J connectivity index is 1.89. The van der Waals surface area contributed by atoms with Crippen LogP contribution in [0.2, 0.25) is 0 Å². The van der Waals surface area contributed by atoms with Crippen molar-refractivity contribution < 1.29 is 0 Å². The summed E-state index contributed by atoms with van der Waals surface area (Å²) in [7, 11) is 0. The van der Waals surface area contributed by atoms with Gasteiger partial charge in [0, 0.05) is 40.6 Å². The highest BCUT2D eigenvalue weighted by molar-refractivity contribution is 7.12. The molecule has 92 valence electrons. The lowest BCUT2D eigenvalue weighted by Crippen LogP contribution is -2.16. The Morgan fingerprint density at radius 1 is 1.47 bits per heavy atom. The summed E-state index contributed by atoms with van der Waals surface area (Å²) in [6.45, 7) is 8.25. The monoisotopic (exact) mass is 249 g/mol. The van der Waals surface area contributed by atoms with Crippen LogP contribution in [-0.4, -0.2) is 9.78 Å². The number of aromatic nitrogens is 2. The first-order valence-electron chi connectivity index (χ1n) is 6.00. The molecule has 3 nitrogen and oxygen atoms in total. The maximum absolute atomic E-state index is 4.27. The summed E-state index contributed by atoms with van der Waals surface area (Å²) in [5.74, 6) is 0. The molecule has 2 heterocycles. The van der Waals surface area contributed by atoms with Crippen molar-refractivity contribution >= 4 is 11.3 Å². The van der Waals surface area contributed by atoms with E-state index in [9.17, 15) is 0 Å². The van der Waals surface area contributed by atoms with Gasteiger partial charge in [-0.2, -0.15) is 5.10 Å². The smallest absolute Gasteiger partial charge is 0.0534 e. The summed E-state index contributed by atoms with van der Waals surface area (Å²) in [6, 6.07) is 4.78. The van der Waals surface area contributed by atoms with Gasteiger partial charge in [-0.25, -0.2) is 0 Å². The molecule has 0 aliphatic heterocycles. The van der Waals surface area contributed by atoms with E-state index < -0.39 is 0 Å². The molecular formula is C13H19N3S. The van der Waals surface area contributed by atoms with Gasteiger partial charge >= 0.3 is 0 Å². The van der Waals surface area contributed by atoms with Gasteiger partial charge in [0.15, 0.2) is 0 Å². The Bertz CT molecular complexity index is 472. The summed E-state index contributed by atoms with van der Waals surface area (Å²) >= 11 is 1.86. The fraction of sp³-hybridized carbons (Fsp3) is 0.462. The standard InChI is InChI=1S/C13H19N3S/c1-4-16-9-12(8-15-16)7-14-11(3)13-6-5-10(2)17-13/h5-6,8-9,11,14H,4,7H2,1-3H3. The predicted molar refractivity (Wildman–Crippen MR) is 72.2 cm³/mol. The van der Waals surface area contributed by atoms with Gasteiger partial charge in [-0.15, -0.1) is 11.3 Å². The third-order valence-corrected chi connectivity index (χ3v) is 3.99. The van der Waals surface area contributed by atoms with Crippen molar-refractivity contribution in [2.45, 2.75) is 39.9 Å². The number of rotatable bonds is 5. The van der Waals surface area contributed by atoms with E-state index in [0.29, 0.717) is 6.04 Å². The highest BCUT2D eigenvalue weighted by Crippen LogP contribution is 2.22. The number of thiophene rings is 1. The average Bonchev–Trinajstić information content (AvgIpc) is 2.94. The molecule has 0 spiro atoms. The molecule has 17 heavy (non-hydrogen) atoms. The fourth-order valence-electron chi connectivity index (χ4n) is 1.73. The van der Waals surface area contributed by atoms with E-state index in [1.54, 1.807) is 0 Å². The van der Waals surface area contributed by atoms with Crippen LogP contribution in [0, 0.1) is 6.92 Å². The van der Waals surface area contributed by atoms with Crippen LogP contribution >= 0.6 is 11.3 Å². The van der Waals surface area contributed by atoms with Crippen LogP contribution in [0.3, 0.4) is 0 Å². The highest BCUT2D eigenvalue weighted by atomic mass is 32.1. The Labute approximate surface area is 106 Å². The number of nitrogens with zero attached hydrogens (tertiary/aromatic N) is 2. The summed E-state index contributed by atoms with van der Waals surface area (Å²) in [5, 5.41) is 7.79. The summed E-state index contributed by atoms with van der Waals surface area (Å²) in [4.78, 5) is 2.76. The van der Waals surface area contributed by atoms with Crippen LogP contribution in [-0.2, 0) is 13.1 Å². The summed E-state index contributed by atoms with van der Waals surface area (Å²) < 4.78 is 1.96. The van der Waals surface area contributed by atoms with E-state index >= 15 is 0 Å². The largest absolute Gasteiger partial charge is 0.305 e. The molecule has 0 fully saturated rings. The lowest BCUT2D eigenvalue weighted by molar-refractivity contribution is 0.582. The van der Waals surface area contributed by atoms with Crippen molar-refractivity contribution in [3.8, 4) is 0 Å². The lowest BCUT2D eigenvalue weighted by Gasteiger charge is -2.10. The van der Waals surface area contributed by atoms with Gasteiger partial charge in [0.1, 0.15) is 0 Å². The Morgan fingerprint density at radius 3 is 2.88 bits per heavy atom. The topological polar surface area (TPSA) is 29.9 Å². The van der Waals surface area contributed by atoms with Crippen LogP contribution < -0.4 is 5.32 Å². The second-order valence-corrected chi connectivity index (χ2v) is 5.57. The molecule has 0 saturated carbocycles. The summed E-state index contributed by atoms with van der Waals surface area (Å²) in [6.07, 6.45) is 4.03. The van der Waals surface area contributed by atoms with E-state index in [-0.39, 0.29) is 0 Å². The lowest BCUT2D eigenvalue weighted by atomic mass is 10.2. The highest BCUT2D eigenvalue weighted by Gasteiger charge is 2.07. The molecule has 0 bridgehead atoms. The third-order valence-electron chi connectivity index (χ3n) is 2.81. The normalized spacial score (nSPS) is 12.9. The van der Waals surface area contributed by atoms with Crippen molar-refractivity contribution in [3.63, 3.8) is 0 Å². The third kappa shape index (κ3) is 3.17. The van der Waals surface area contributed by atoms with Gasteiger partial charge in [0.05, 0.1) is 6.20 Å². The molecule has 0 amide bonds. The molecule has 2 aromatic rings. The first-order valence-corrected chi connectivity index (χ1v) is 6.81. The second kappa shape index (κ2) is 5.47. The molecule has 0 aromatic carbocycles. The molecular weight excluding hydrogens is 230 g/mol. The van der Waals surface area contributed by atoms with Crippen molar-refractivity contribution in [1.29, 1.82) is 0 Å². The molecule has 2 aromatic heterocycles. The maximum atomic E-state index is 4.27. The zero-order valence-electron chi connectivity index (χ0n) is 10.6. The van der Waals surface area contributed by atoms with E-state index in [1.807, 2.05) is 22.2 Å². The maximum Gasteiger partial charge on any atom is 0.0534 e. The molecule has 1 N–H and O–H groups in total. The molecule has 0 aliphatic carbocycles. The Kier molecular flexibility index (Phi) is 3.97. The van der Waals surface area contributed by atoms with E-state index in [4.69, 9.17) is 0 Å². The molecule has 0 radical (unpaired) electrons. The molecule has 2 rings (SSSR count). The van der Waals surface area contributed by atoms with Crippen LogP contribution in [0.15, 0.2) is 24.5 Å². The number of nitrogens with one attached hydrogen (secondary N) is 1. The minimum Gasteiger partial charge on any atom is -0.305 e. The fourth-order valence-corrected chi connectivity index (χ4v) is 2.63. The van der Waals surface area contributed by atoms with Gasteiger partial charge in [0.2, 0.25) is 0 Å². The first-order chi connectivity index (χ1) is 8.19. The zero-order valence-corrected chi connectivity index (χ0v) is 11.4. The Morgan fingerprint density at radius 2 is 2.29 bits per heavy atom. The van der Waals surface area contributed by atoms with Crippen LogP contribution in [0.5, 0.6) is 0 Å². The molecule has 4 heteroatoms. The zero-order chi connectivity index (χ0) is 12.3. The van der Waals surface area contributed by atoms with E-state index in [1.165, 1.54) is 15.3 Å². The van der Waals surface area contributed by atoms with Crippen molar-refractivity contribution in [1.82, 2.24) is 15.1 Å². The minimum atomic E-state index is 0.402. The number of aryl methyl sites for hydroxylation is 2. The van der Waals surface area contributed by atoms with Gasteiger partial charge < -0.3 is 5.32 Å². The van der Waals surface area contributed by atoms with Crippen LogP contribution in [0.4, 0.5) is 0 Å². The van der Waals surface area contributed by atoms with Gasteiger partial charge in [0.25, 0.3) is 0 Å². The van der Waals surface area contributed by atoms with Crippen LogP contribution in [0.25, 0.3) is 0 Å². The van der Waals surface area contributed by atoms with E-state index in [2.05, 4.69) is 49.5 Å². The van der Waals surface area contributed by atoms with Crippen molar-refractivity contribution in [2.24, 2.45) is 0 Å². The van der Waals surface area contributed by atoms with Crippen molar-refractivity contribution in [2.75, 3.05) is 0 Å². The number of hydrogen-bond donors (Lipinski definition) is 1. The second-order valence-electron chi connectivity index (χ2n) is 4.26. The molecule has 0 aliphatic rings. The molecule has 1 atom stereocenters.